The van der Waals surface area contributed by atoms with E-state index in [2.05, 4.69) is 20.9 Å². The Morgan fingerprint density at radius 1 is 1.02 bits per heavy atom. The number of aromatic nitrogens is 1. The monoisotopic (exact) mass is 590 g/mol. The zero-order valence-corrected chi connectivity index (χ0v) is 24.7. The molecule has 2 heterocycles. The minimum atomic E-state index is -1.44. The van der Waals surface area contributed by atoms with Crippen molar-refractivity contribution in [2.24, 2.45) is 11.7 Å². The van der Waals surface area contributed by atoms with Crippen molar-refractivity contribution in [2.75, 3.05) is 5.32 Å². The van der Waals surface area contributed by atoms with E-state index in [0.717, 1.165) is 33.3 Å². The molecule has 12 heteroatoms. The fourth-order valence-corrected chi connectivity index (χ4v) is 5.54. The molecule has 0 radical (unpaired) electrons. The Bertz CT molecular complexity index is 1540. The first-order valence-corrected chi connectivity index (χ1v) is 14.2. The van der Waals surface area contributed by atoms with Gasteiger partial charge in [-0.25, -0.2) is 4.79 Å². The third-order valence-corrected chi connectivity index (χ3v) is 7.42. The van der Waals surface area contributed by atoms with E-state index in [1.54, 1.807) is 0 Å². The van der Waals surface area contributed by atoms with Crippen LogP contribution >= 0.6 is 0 Å². The number of carbonyl (C=O) groups excluding carboxylic acids is 4. The number of H-pyrrole nitrogens is 1. The van der Waals surface area contributed by atoms with Gasteiger partial charge in [0.15, 0.2) is 0 Å². The summed E-state index contributed by atoms with van der Waals surface area (Å²) in [6, 6.07) is 9.36. The number of benzene rings is 2. The van der Waals surface area contributed by atoms with Crippen LogP contribution in [0.2, 0.25) is 0 Å². The van der Waals surface area contributed by atoms with Crippen LogP contribution in [0.25, 0.3) is 10.9 Å². The lowest BCUT2D eigenvalue weighted by Crippen LogP contribution is -2.59. The Morgan fingerprint density at radius 2 is 1.70 bits per heavy atom. The van der Waals surface area contributed by atoms with Crippen LogP contribution in [0.3, 0.4) is 0 Å². The Hall–Kier alpha value is -4.87. The van der Waals surface area contributed by atoms with Crippen LogP contribution in [-0.4, -0.2) is 62.8 Å². The molecule has 1 aliphatic heterocycles. The van der Waals surface area contributed by atoms with Crippen molar-refractivity contribution in [1.29, 1.82) is 0 Å². The fraction of sp³-hybridized carbons (Fsp3) is 0.387. The first-order chi connectivity index (χ1) is 20.3. The third-order valence-electron chi connectivity index (χ3n) is 7.42. The average molecular weight is 591 g/mol. The number of primary amides is 1. The van der Waals surface area contributed by atoms with Gasteiger partial charge in [0.05, 0.1) is 13.0 Å². The van der Waals surface area contributed by atoms with Gasteiger partial charge >= 0.3 is 12.0 Å². The van der Waals surface area contributed by atoms with Crippen molar-refractivity contribution in [1.82, 2.24) is 20.5 Å². The summed E-state index contributed by atoms with van der Waals surface area (Å²) >= 11 is 0. The maximum atomic E-state index is 13.9. The Kier molecular flexibility index (Phi) is 9.37. The maximum Gasteiger partial charge on any atom is 0.322 e. The van der Waals surface area contributed by atoms with Crippen molar-refractivity contribution >= 4 is 46.3 Å². The number of hydrogen-bond acceptors (Lipinski definition) is 5. The van der Waals surface area contributed by atoms with Crippen molar-refractivity contribution in [3.63, 3.8) is 0 Å². The van der Waals surface area contributed by atoms with Crippen molar-refractivity contribution in [3.8, 4) is 0 Å². The van der Waals surface area contributed by atoms with Gasteiger partial charge in [-0.2, -0.15) is 0 Å². The van der Waals surface area contributed by atoms with E-state index in [-0.39, 0.29) is 25.3 Å². The van der Waals surface area contributed by atoms with E-state index in [1.165, 1.54) is 4.90 Å². The normalized spacial score (nSPS) is 15.8. The van der Waals surface area contributed by atoms with Crippen LogP contribution in [0.5, 0.6) is 0 Å². The van der Waals surface area contributed by atoms with Crippen LogP contribution in [0.4, 0.5) is 10.5 Å². The summed E-state index contributed by atoms with van der Waals surface area (Å²) < 4.78 is 0. The molecular weight excluding hydrogens is 552 g/mol. The number of carboxylic acids is 1. The number of aromatic amines is 1. The van der Waals surface area contributed by atoms with Gasteiger partial charge in [-0.05, 0) is 61.1 Å². The SMILES string of the molecule is Cc1cc(C)cc(NC(=O)N2Cc3[nH]c4ccccc4c3C[C@@H]2C(=O)N[C@@H](CC(C)C)C(=O)N[C@@H](CC(=O)O)C(N)=O)c1. The molecule has 7 N–H and O–H groups in total. The van der Waals surface area contributed by atoms with E-state index < -0.39 is 54.3 Å². The highest BCUT2D eigenvalue weighted by Gasteiger charge is 2.38. The standard InChI is InChI=1S/C31H38N6O6/c1-16(2)9-24(29(41)35-23(28(32)40)14-27(38)39)36-30(42)26-13-21-20-7-5-6-8-22(20)34-25(21)15-37(26)31(43)33-19-11-17(3)10-18(4)12-19/h5-8,10-12,16,23-24,26,34H,9,13-15H2,1-4H3,(H2,32,40)(H,33,43)(H,35,41)(H,36,42)(H,38,39)/t23-,24-,26+/m0/s1. The molecule has 12 nitrogen and oxygen atoms in total. The molecule has 3 aromatic rings. The molecule has 228 valence electrons. The number of para-hydroxylation sites is 1. The van der Waals surface area contributed by atoms with Gasteiger partial charge in [0.2, 0.25) is 17.7 Å². The highest BCUT2D eigenvalue weighted by atomic mass is 16.4. The first-order valence-electron chi connectivity index (χ1n) is 14.2. The summed E-state index contributed by atoms with van der Waals surface area (Å²) in [4.78, 5) is 68.6. The largest absolute Gasteiger partial charge is 0.481 e. The van der Waals surface area contributed by atoms with Gasteiger partial charge in [0.25, 0.3) is 0 Å². The summed E-state index contributed by atoms with van der Waals surface area (Å²) in [5, 5.41) is 18.1. The number of nitrogens with zero attached hydrogens (tertiary/aromatic N) is 1. The fourth-order valence-electron chi connectivity index (χ4n) is 5.54. The quantitative estimate of drug-likeness (QED) is 0.211. The highest BCUT2D eigenvalue weighted by molar-refractivity contribution is 5.98. The first kappa shape index (κ1) is 31.1. The van der Waals surface area contributed by atoms with Gasteiger partial charge in [0.1, 0.15) is 18.1 Å². The number of hydrogen-bond donors (Lipinski definition) is 6. The van der Waals surface area contributed by atoms with Crippen LogP contribution in [-0.2, 0) is 32.1 Å². The molecule has 4 rings (SSSR count). The van der Waals surface area contributed by atoms with Crippen molar-refractivity contribution < 1.29 is 29.1 Å². The molecule has 0 fully saturated rings. The predicted molar refractivity (Wildman–Crippen MR) is 161 cm³/mol. The van der Waals surface area contributed by atoms with Crippen LogP contribution < -0.4 is 21.7 Å². The molecule has 0 saturated carbocycles. The molecule has 0 bridgehead atoms. The summed E-state index contributed by atoms with van der Waals surface area (Å²) in [7, 11) is 0. The third kappa shape index (κ3) is 7.51. The second-order valence-corrected chi connectivity index (χ2v) is 11.5. The zero-order valence-electron chi connectivity index (χ0n) is 24.7. The summed E-state index contributed by atoms with van der Waals surface area (Å²) in [6.45, 7) is 7.70. The molecule has 0 saturated heterocycles. The van der Waals surface area contributed by atoms with Crippen LogP contribution in [0, 0.1) is 19.8 Å². The zero-order chi connectivity index (χ0) is 31.4. The number of nitrogens with one attached hydrogen (secondary N) is 4. The lowest BCUT2D eigenvalue weighted by Gasteiger charge is -2.36. The van der Waals surface area contributed by atoms with Gasteiger partial charge < -0.3 is 36.7 Å². The molecule has 43 heavy (non-hydrogen) atoms. The van der Waals surface area contributed by atoms with Crippen LogP contribution in [0.15, 0.2) is 42.5 Å². The predicted octanol–water partition coefficient (Wildman–Crippen LogP) is 2.72. The van der Waals surface area contributed by atoms with Crippen molar-refractivity contribution in [2.45, 2.75) is 71.6 Å². The number of nitrogens with two attached hydrogens (primary N) is 1. The van der Waals surface area contributed by atoms with E-state index in [0.29, 0.717) is 5.69 Å². The second kappa shape index (κ2) is 13.0. The van der Waals surface area contributed by atoms with E-state index >= 15 is 0 Å². The molecule has 0 aliphatic carbocycles. The number of carbonyl (C=O) groups is 5. The van der Waals surface area contributed by atoms with Gasteiger partial charge in [-0.15, -0.1) is 0 Å². The minimum Gasteiger partial charge on any atom is -0.481 e. The molecule has 2 aromatic carbocycles. The number of aliphatic carboxylic acids is 1. The van der Waals surface area contributed by atoms with E-state index in [4.69, 9.17) is 10.8 Å². The second-order valence-electron chi connectivity index (χ2n) is 11.5. The number of rotatable bonds is 10. The number of aryl methyl sites for hydroxylation is 2. The Balaban J connectivity index is 1.63. The smallest absolute Gasteiger partial charge is 0.322 e. The van der Waals surface area contributed by atoms with Gasteiger partial charge in [-0.3, -0.25) is 19.2 Å². The summed E-state index contributed by atoms with van der Waals surface area (Å²) in [5.41, 5.74) is 10.5. The minimum absolute atomic E-state index is 0.0434. The summed E-state index contributed by atoms with van der Waals surface area (Å²) in [5.74, 6) is -3.64. The molecule has 0 spiro atoms. The lowest BCUT2D eigenvalue weighted by atomic mass is 9.95. The topological polar surface area (TPSA) is 187 Å². The van der Waals surface area contributed by atoms with Gasteiger partial charge in [0, 0.05) is 28.7 Å². The highest BCUT2D eigenvalue weighted by Crippen LogP contribution is 2.31. The summed E-state index contributed by atoms with van der Waals surface area (Å²) in [6.07, 6.45) is -0.290. The molecule has 1 aromatic heterocycles. The molecular formula is C31H38N6O6. The average Bonchev–Trinajstić information content (AvgIpc) is 3.28. The Labute approximate surface area is 249 Å². The molecule has 0 unspecified atom stereocenters. The van der Waals surface area contributed by atoms with E-state index in [9.17, 15) is 24.0 Å². The number of anilines is 1. The van der Waals surface area contributed by atoms with Gasteiger partial charge in [-0.1, -0.05) is 38.1 Å². The molecule has 1 aliphatic rings. The van der Waals surface area contributed by atoms with Crippen LogP contribution in [0.1, 0.15) is 49.1 Å². The molecule has 5 amide bonds. The van der Waals surface area contributed by atoms with Crippen molar-refractivity contribution in [3.05, 3.63) is 64.8 Å². The molecule has 3 atom stereocenters. The Morgan fingerprint density at radius 3 is 2.33 bits per heavy atom. The number of fused-ring (bicyclic) bond motifs is 3. The number of amides is 5. The number of urea groups is 1. The number of carboxylic acid groups (broad SMARTS) is 1. The van der Waals surface area contributed by atoms with E-state index in [1.807, 2.05) is 70.2 Å². The maximum absolute atomic E-state index is 13.9. The lowest BCUT2D eigenvalue weighted by molar-refractivity contribution is -0.140.